The van der Waals surface area contributed by atoms with Crippen molar-refractivity contribution in [3.05, 3.63) is 39.3 Å². The van der Waals surface area contributed by atoms with Crippen LogP contribution in [0.5, 0.6) is 0 Å². The molecule has 0 aliphatic carbocycles. The second-order valence-electron chi connectivity index (χ2n) is 7.97. The summed E-state index contributed by atoms with van der Waals surface area (Å²) in [5.74, 6) is -1.70. The first-order chi connectivity index (χ1) is 16.2. The van der Waals surface area contributed by atoms with Crippen molar-refractivity contribution in [2.45, 2.75) is 39.5 Å². The van der Waals surface area contributed by atoms with Crippen LogP contribution in [0.4, 0.5) is 0 Å². The fraction of sp³-hybridized carbons (Fsp3) is 0.609. The van der Waals surface area contributed by atoms with Gasteiger partial charge in [-0.15, -0.1) is 0 Å². The number of methoxy groups -OCH3 is 3. The molecule has 0 spiro atoms. The van der Waals surface area contributed by atoms with Crippen LogP contribution < -0.4 is 5.56 Å². The summed E-state index contributed by atoms with van der Waals surface area (Å²) in [6.45, 7) is 6.01. The molecule has 1 N–H and O–H groups in total. The van der Waals surface area contributed by atoms with Gasteiger partial charge in [0.15, 0.2) is 0 Å². The molecule has 11 nitrogen and oxygen atoms in total. The third-order valence-electron chi connectivity index (χ3n) is 5.58. The van der Waals surface area contributed by atoms with Gasteiger partial charge in [-0.05, 0) is 37.1 Å². The molecular weight excluding hydrogens is 448 g/mol. The zero-order chi connectivity index (χ0) is 25.3. The van der Waals surface area contributed by atoms with Crippen LogP contribution in [-0.4, -0.2) is 81.1 Å². The summed E-state index contributed by atoms with van der Waals surface area (Å²) < 4.78 is 33.7. The topological polar surface area (TPSA) is 128 Å². The van der Waals surface area contributed by atoms with Crippen molar-refractivity contribution in [2.75, 3.05) is 48.3 Å². The molecule has 0 amide bonds. The molecule has 0 fully saturated rings. The highest BCUT2D eigenvalue weighted by atomic mass is 16.7. The first-order valence-electron chi connectivity index (χ1n) is 10.8. The first-order valence-corrected chi connectivity index (χ1v) is 10.8. The number of fused-ring (bicyclic) bond motifs is 1. The Morgan fingerprint density at radius 1 is 1.00 bits per heavy atom. The number of benzene rings is 1. The van der Waals surface area contributed by atoms with Crippen LogP contribution in [0, 0.1) is 19.8 Å². The zero-order valence-corrected chi connectivity index (χ0v) is 20.5. The number of ether oxygens (including phenoxy) is 6. The summed E-state index contributed by atoms with van der Waals surface area (Å²) >= 11 is 0. The molecule has 11 heteroatoms. The third kappa shape index (κ3) is 7.05. The van der Waals surface area contributed by atoms with Crippen molar-refractivity contribution in [1.82, 2.24) is 9.55 Å². The molecule has 2 aromatic rings. The maximum atomic E-state index is 13.1. The minimum atomic E-state index is -1.39. The van der Waals surface area contributed by atoms with Gasteiger partial charge in [0.25, 0.3) is 5.56 Å². The molecule has 1 heterocycles. The van der Waals surface area contributed by atoms with Gasteiger partial charge >= 0.3 is 5.97 Å². The Labute approximate surface area is 198 Å². The van der Waals surface area contributed by atoms with E-state index in [1.807, 2.05) is 26.8 Å². The van der Waals surface area contributed by atoms with Gasteiger partial charge in [0.05, 0.1) is 36.4 Å². The van der Waals surface area contributed by atoms with Crippen LogP contribution in [0.2, 0.25) is 0 Å². The summed E-state index contributed by atoms with van der Waals surface area (Å²) in [5.41, 5.74) is 1.54. The van der Waals surface area contributed by atoms with Gasteiger partial charge < -0.3 is 38.1 Å². The Hall–Kier alpha value is -2.41. The van der Waals surface area contributed by atoms with E-state index in [9.17, 15) is 14.7 Å². The zero-order valence-electron chi connectivity index (χ0n) is 20.5. The minimum absolute atomic E-state index is 0.0299. The van der Waals surface area contributed by atoms with Crippen molar-refractivity contribution in [3.63, 3.8) is 0 Å². The van der Waals surface area contributed by atoms with Crippen molar-refractivity contribution in [1.29, 1.82) is 0 Å². The Bertz CT molecular complexity index is 1010. The lowest BCUT2D eigenvalue weighted by Gasteiger charge is -2.31. The molecule has 0 bridgehead atoms. The molecule has 0 saturated heterocycles. The highest BCUT2D eigenvalue weighted by Crippen LogP contribution is 2.22. The molecule has 0 radical (unpaired) electrons. The average molecular weight is 483 g/mol. The molecular formula is C23H34N2O9. The number of carboxylic acids is 1. The fourth-order valence-corrected chi connectivity index (χ4v) is 3.52. The molecule has 34 heavy (non-hydrogen) atoms. The van der Waals surface area contributed by atoms with E-state index in [0.717, 1.165) is 11.1 Å². The van der Waals surface area contributed by atoms with Crippen LogP contribution in [0.3, 0.4) is 0 Å². The summed E-state index contributed by atoms with van der Waals surface area (Å²) in [7, 11) is 4.52. The van der Waals surface area contributed by atoms with E-state index < -0.39 is 29.4 Å². The second-order valence-corrected chi connectivity index (χ2v) is 7.97. The van der Waals surface area contributed by atoms with Gasteiger partial charge in [-0.2, -0.15) is 0 Å². The molecule has 190 valence electrons. The number of aryl methyl sites for hydroxylation is 2. The normalized spacial score (nSPS) is 14.3. The predicted molar refractivity (Wildman–Crippen MR) is 123 cm³/mol. The third-order valence-corrected chi connectivity index (χ3v) is 5.58. The van der Waals surface area contributed by atoms with Crippen LogP contribution in [-0.2, 0) is 35.0 Å². The Morgan fingerprint density at radius 3 is 2.18 bits per heavy atom. The second kappa shape index (κ2) is 13.5. The number of carboxylic acid groups (broad SMARTS) is 1. The van der Waals surface area contributed by atoms with Gasteiger partial charge in [0, 0.05) is 27.2 Å². The quantitative estimate of drug-likeness (QED) is 0.297. The van der Waals surface area contributed by atoms with Gasteiger partial charge in [0.1, 0.15) is 20.4 Å². The first kappa shape index (κ1) is 27.8. The summed E-state index contributed by atoms with van der Waals surface area (Å²) in [6, 6.07) is 3.59. The molecule has 0 saturated carbocycles. The predicted octanol–water partition coefficient (Wildman–Crippen LogP) is 1.95. The van der Waals surface area contributed by atoms with Crippen molar-refractivity contribution in [2.24, 2.45) is 5.92 Å². The van der Waals surface area contributed by atoms with Crippen LogP contribution in [0.15, 0.2) is 16.9 Å². The van der Waals surface area contributed by atoms with Crippen LogP contribution >= 0.6 is 0 Å². The minimum Gasteiger partial charge on any atom is -0.476 e. The number of hydrogen-bond acceptors (Lipinski definition) is 9. The average Bonchev–Trinajstić information content (AvgIpc) is 2.80. The monoisotopic (exact) mass is 482 g/mol. The maximum Gasteiger partial charge on any atom is 0.360 e. The van der Waals surface area contributed by atoms with Gasteiger partial charge in [0.2, 0.25) is 5.69 Å². The fourth-order valence-electron chi connectivity index (χ4n) is 3.52. The lowest BCUT2D eigenvalue weighted by atomic mass is 9.97. The van der Waals surface area contributed by atoms with Crippen molar-refractivity contribution in [3.8, 4) is 0 Å². The molecule has 0 aliphatic rings. The molecule has 0 aliphatic heterocycles. The van der Waals surface area contributed by atoms with E-state index in [2.05, 4.69) is 4.98 Å². The standard InChI is InChI=1S/C23H34N2O9/c1-14-7-17-18(8-15(14)2)25(22(26)21(24-17)23(27)28)9-19(33-12-30-5)16(3)20(34-13-31-6)10-32-11-29-4/h7-8,16,19-20H,9-13H2,1-6H3,(H,27,28)/t16-,19-,20+/m0/s1. The summed E-state index contributed by atoms with van der Waals surface area (Å²) in [4.78, 5) is 29.0. The molecule has 3 atom stereocenters. The molecule has 0 unspecified atom stereocenters. The van der Waals surface area contributed by atoms with Crippen LogP contribution in [0.1, 0.15) is 28.5 Å². The Morgan fingerprint density at radius 2 is 1.59 bits per heavy atom. The largest absolute Gasteiger partial charge is 0.476 e. The lowest BCUT2D eigenvalue weighted by Crippen LogP contribution is -2.42. The summed E-state index contributed by atoms with van der Waals surface area (Å²) in [5, 5.41) is 9.57. The van der Waals surface area contributed by atoms with E-state index in [1.54, 1.807) is 6.07 Å². The van der Waals surface area contributed by atoms with Crippen LogP contribution in [0.25, 0.3) is 11.0 Å². The molecule has 2 rings (SSSR count). The molecule has 1 aromatic carbocycles. The number of carbonyl (C=O) groups is 1. The number of rotatable bonds is 15. The van der Waals surface area contributed by atoms with E-state index in [4.69, 9.17) is 28.4 Å². The van der Waals surface area contributed by atoms with Gasteiger partial charge in [-0.1, -0.05) is 6.92 Å². The SMILES string of the molecule is COCOC[C@@H](OCOC)[C@@H](C)[C@H](Cn1c(=O)c(C(=O)O)nc2cc(C)c(C)cc21)OCOC. The summed E-state index contributed by atoms with van der Waals surface area (Å²) in [6.07, 6.45) is -1.07. The lowest BCUT2D eigenvalue weighted by molar-refractivity contribution is -0.166. The number of aromatic nitrogens is 2. The Kier molecular flexibility index (Phi) is 11.0. The van der Waals surface area contributed by atoms with Crippen molar-refractivity contribution >= 4 is 17.0 Å². The highest BCUT2D eigenvalue weighted by molar-refractivity contribution is 5.88. The number of aromatic carboxylic acids is 1. The molecule has 1 aromatic heterocycles. The van der Waals surface area contributed by atoms with Gasteiger partial charge in [-0.3, -0.25) is 4.79 Å². The van der Waals surface area contributed by atoms with E-state index in [-0.39, 0.29) is 39.4 Å². The van der Waals surface area contributed by atoms with Gasteiger partial charge in [-0.25, -0.2) is 9.78 Å². The smallest absolute Gasteiger partial charge is 0.360 e. The van der Waals surface area contributed by atoms with E-state index >= 15 is 0 Å². The maximum absolute atomic E-state index is 13.1. The van der Waals surface area contributed by atoms with E-state index in [1.165, 1.54) is 25.9 Å². The highest BCUT2D eigenvalue weighted by Gasteiger charge is 2.30. The van der Waals surface area contributed by atoms with Crippen molar-refractivity contribution < 1.29 is 38.3 Å². The number of hydrogen-bond donors (Lipinski definition) is 1. The Balaban J connectivity index is 2.52. The number of nitrogens with zero attached hydrogens (tertiary/aromatic N) is 2. The van der Waals surface area contributed by atoms with E-state index in [0.29, 0.717) is 11.0 Å².